The van der Waals surface area contributed by atoms with E-state index in [4.69, 9.17) is 4.74 Å². The zero-order chi connectivity index (χ0) is 11.5. The highest BCUT2D eigenvalue weighted by Crippen LogP contribution is 2.46. The molecule has 88 valence electrons. The van der Waals surface area contributed by atoms with Crippen LogP contribution in [0.25, 0.3) is 0 Å². The van der Waals surface area contributed by atoms with Crippen LogP contribution in [-0.4, -0.2) is 24.7 Å². The molecule has 0 aliphatic heterocycles. The summed E-state index contributed by atoms with van der Waals surface area (Å²) in [6.45, 7) is 2.20. The van der Waals surface area contributed by atoms with Gasteiger partial charge in [-0.25, -0.2) is 9.79 Å². The molecule has 0 N–H and O–H groups in total. The van der Waals surface area contributed by atoms with Crippen molar-refractivity contribution in [2.45, 2.75) is 38.6 Å². The first-order valence-corrected chi connectivity index (χ1v) is 6.01. The first kappa shape index (κ1) is 11.3. The Hall–Kier alpha value is -1.15. The zero-order valence-electron chi connectivity index (χ0n) is 9.52. The van der Waals surface area contributed by atoms with Gasteiger partial charge < -0.3 is 4.74 Å². The Balaban J connectivity index is 2.18. The fourth-order valence-electron chi connectivity index (χ4n) is 3.23. The molecule has 4 nitrogen and oxygen atoms in total. The van der Waals surface area contributed by atoms with Gasteiger partial charge in [-0.2, -0.15) is 0 Å². The Morgan fingerprint density at radius 2 is 1.94 bits per heavy atom. The molecular weight excluding hydrogens is 206 g/mol. The summed E-state index contributed by atoms with van der Waals surface area (Å²) >= 11 is 0. The molecule has 3 fully saturated rings. The van der Waals surface area contributed by atoms with Crippen LogP contribution in [0.2, 0.25) is 0 Å². The predicted molar refractivity (Wildman–Crippen MR) is 57.5 cm³/mol. The minimum atomic E-state index is -0.200. The van der Waals surface area contributed by atoms with Crippen molar-refractivity contribution < 1.29 is 14.3 Å². The second kappa shape index (κ2) is 4.79. The topological polar surface area (TPSA) is 55.7 Å². The van der Waals surface area contributed by atoms with E-state index in [9.17, 15) is 9.59 Å². The number of nitrogens with zero attached hydrogens (tertiary/aromatic N) is 1. The van der Waals surface area contributed by atoms with Gasteiger partial charge in [0.25, 0.3) is 0 Å². The maximum absolute atomic E-state index is 11.9. The molecular formula is C12H17NO3. The number of hydrogen-bond donors (Lipinski definition) is 0. The average molecular weight is 223 g/mol. The molecule has 0 aromatic heterocycles. The van der Waals surface area contributed by atoms with Crippen LogP contribution in [0.15, 0.2) is 4.99 Å². The van der Waals surface area contributed by atoms with Crippen LogP contribution >= 0.6 is 0 Å². The molecule has 3 rings (SSSR count). The van der Waals surface area contributed by atoms with Gasteiger partial charge in [-0.1, -0.05) is 0 Å². The minimum Gasteiger partial charge on any atom is -0.466 e. The standard InChI is InChI=1S/C12H17NO3/c1-2-16-12(15)10-8-3-5-9(6-4-8)11(10)13-7-14/h8-11H,2-6H2,1H3. The fraction of sp³-hybridized carbons (Fsp3) is 0.833. The summed E-state index contributed by atoms with van der Waals surface area (Å²) in [7, 11) is 0. The largest absolute Gasteiger partial charge is 0.466 e. The molecule has 3 aliphatic rings. The lowest BCUT2D eigenvalue weighted by atomic mass is 9.62. The number of aliphatic imine (C=N–C) groups is 1. The van der Waals surface area contributed by atoms with Gasteiger partial charge in [0, 0.05) is 0 Å². The van der Waals surface area contributed by atoms with Gasteiger partial charge >= 0.3 is 5.97 Å². The van der Waals surface area contributed by atoms with E-state index in [2.05, 4.69) is 4.99 Å². The third-order valence-corrected chi connectivity index (χ3v) is 3.94. The molecule has 3 saturated carbocycles. The Kier molecular flexibility index (Phi) is 3.39. The molecule has 0 heterocycles. The second-order valence-electron chi connectivity index (χ2n) is 4.66. The van der Waals surface area contributed by atoms with Gasteiger partial charge in [-0.05, 0) is 44.4 Å². The summed E-state index contributed by atoms with van der Waals surface area (Å²) in [6.07, 6.45) is 5.91. The van der Waals surface area contributed by atoms with Gasteiger partial charge in [0.2, 0.25) is 6.08 Å². The molecule has 0 spiro atoms. The van der Waals surface area contributed by atoms with E-state index in [1.807, 2.05) is 0 Å². The van der Waals surface area contributed by atoms with Crippen LogP contribution in [0, 0.1) is 17.8 Å². The summed E-state index contributed by atoms with van der Waals surface area (Å²) in [5.41, 5.74) is 0. The number of isocyanates is 1. The average Bonchev–Trinajstić information content (AvgIpc) is 2.31. The molecule has 3 aliphatic carbocycles. The van der Waals surface area contributed by atoms with Gasteiger partial charge in [-0.3, -0.25) is 4.79 Å². The van der Waals surface area contributed by atoms with E-state index in [1.165, 1.54) is 0 Å². The minimum absolute atomic E-state index is 0.177. The zero-order valence-corrected chi connectivity index (χ0v) is 9.52. The number of fused-ring (bicyclic) bond motifs is 3. The lowest BCUT2D eigenvalue weighted by Gasteiger charge is -2.44. The third-order valence-electron chi connectivity index (χ3n) is 3.94. The van der Waals surface area contributed by atoms with Crippen molar-refractivity contribution in [1.82, 2.24) is 0 Å². The summed E-state index contributed by atoms with van der Waals surface area (Å²) < 4.78 is 5.08. The van der Waals surface area contributed by atoms with Gasteiger partial charge in [-0.15, -0.1) is 0 Å². The molecule has 2 bridgehead atoms. The number of rotatable bonds is 3. The van der Waals surface area contributed by atoms with Gasteiger partial charge in [0.05, 0.1) is 18.6 Å². The molecule has 2 atom stereocenters. The van der Waals surface area contributed by atoms with Crippen LogP contribution in [0.3, 0.4) is 0 Å². The molecule has 0 amide bonds. The Morgan fingerprint density at radius 1 is 1.31 bits per heavy atom. The summed E-state index contributed by atoms with van der Waals surface area (Å²) in [6, 6.07) is -0.177. The Bertz CT molecular complexity index is 314. The molecule has 0 aromatic rings. The van der Waals surface area contributed by atoms with Gasteiger partial charge in [0.15, 0.2) is 0 Å². The molecule has 0 aromatic carbocycles. The lowest BCUT2D eigenvalue weighted by molar-refractivity contribution is -0.155. The van der Waals surface area contributed by atoms with Crippen LogP contribution in [0.1, 0.15) is 32.6 Å². The Labute approximate surface area is 95.1 Å². The highest BCUT2D eigenvalue weighted by Gasteiger charge is 2.48. The first-order chi connectivity index (χ1) is 7.77. The van der Waals surface area contributed by atoms with Gasteiger partial charge in [0.1, 0.15) is 0 Å². The maximum Gasteiger partial charge on any atom is 0.311 e. The number of ether oxygens (including phenoxy) is 1. The fourth-order valence-corrected chi connectivity index (χ4v) is 3.23. The van der Waals surface area contributed by atoms with Crippen molar-refractivity contribution >= 4 is 12.0 Å². The number of hydrogen-bond acceptors (Lipinski definition) is 4. The van der Waals surface area contributed by atoms with E-state index in [0.29, 0.717) is 18.4 Å². The second-order valence-corrected chi connectivity index (χ2v) is 4.66. The smallest absolute Gasteiger partial charge is 0.311 e. The lowest BCUT2D eigenvalue weighted by Crippen LogP contribution is -2.47. The predicted octanol–water partition coefficient (Wildman–Crippen LogP) is 1.69. The monoisotopic (exact) mass is 223 g/mol. The van der Waals surface area contributed by atoms with E-state index in [-0.39, 0.29) is 17.9 Å². The number of esters is 1. The van der Waals surface area contributed by atoms with Crippen molar-refractivity contribution in [3.63, 3.8) is 0 Å². The molecule has 4 heteroatoms. The van der Waals surface area contributed by atoms with Crippen molar-refractivity contribution in [1.29, 1.82) is 0 Å². The maximum atomic E-state index is 11.9. The van der Waals surface area contributed by atoms with Crippen molar-refractivity contribution in [2.75, 3.05) is 6.61 Å². The third kappa shape index (κ3) is 1.90. The summed E-state index contributed by atoms with van der Waals surface area (Å²) in [5, 5.41) is 0. The number of carbonyl (C=O) groups excluding carboxylic acids is 2. The van der Waals surface area contributed by atoms with E-state index < -0.39 is 0 Å². The van der Waals surface area contributed by atoms with Crippen LogP contribution in [0.5, 0.6) is 0 Å². The first-order valence-electron chi connectivity index (χ1n) is 6.01. The van der Waals surface area contributed by atoms with Crippen LogP contribution in [0.4, 0.5) is 0 Å². The summed E-state index contributed by atoms with van der Waals surface area (Å²) in [5.74, 6) is 0.349. The van der Waals surface area contributed by atoms with E-state index >= 15 is 0 Å². The SMILES string of the molecule is CCOC(=O)C1C2CCC(CC2)C1N=C=O. The molecule has 0 radical (unpaired) electrons. The normalized spacial score (nSPS) is 36.6. The highest BCUT2D eigenvalue weighted by atomic mass is 16.5. The van der Waals surface area contributed by atoms with Crippen molar-refractivity contribution in [3.8, 4) is 0 Å². The Morgan fingerprint density at radius 3 is 2.50 bits per heavy atom. The van der Waals surface area contributed by atoms with Crippen LogP contribution < -0.4 is 0 Å². The molecule has 0 saturated heterocycles. The van der Waals surface area contributed by atoms with Crippen molar-refractivity contribution in [3.05, 3.63) is 0 Å². The highest BCUT2D eigenvalue weighted by molar-refractivity contribution is 5.74. The molecule has 16 heavy (non-hydrogen) atoms. The molecule has 2 unspecified atom stereocenters. The van der Waals surface area contributed by atoms with E-state index in [0.717, 1.165) is 25.7 Å². The van der Waals surface area contributed by atoms with E-state index in [1.54, 1.807) is 13.0 Å². The summed E-state index contributed by atoms with van der Waals surface area (Å²) in [4.78, 5) is 26.1. The number of carbonyl (C=O) groups is 1. The quantitative estimate of drug-likeness (QED) is 0.415. The van der Waals surface area contributed by atoms with Crippen LogP contribution in [-0.2, 0) is 14.3 Å². The van der Waals surface area contributed by atoms with Crippen molar-refractivity contribution in [2.24, 2.45) is 22.7 Å².